The van der Waals surface area contributed by atoms with Crippen molar-refractivity contribution in [1.82, 2.24) is 4.90 Å². The van der Waals surface area contributed by atoms with Crippen LogP contribution < -0.4 is 10.5 Å². The summed E-state index contributed by atoms with van der Waals surface area (Å²) in [5.41, 5.74) is 8.01. The zero-order valence-corrected chi connectivity index (χ0v) is 12.6. The first kappa shape index (κ1) is 14.9. The Bertz CT molecular complexity index is 479. The molecule has 4 nitrogen and oxygen atoms in total. The lowest BCUT2D eigenvalue weighted by atomic mass is 10.1. The van der Waals surface area contributed by atoms with Crippen LogP contribution in [0.5, 0.6) is 5.75 Å². The van der Waals surface area contributed by atoms with Crippen LogP contribution in [0.4, 0.5) is 0 Å². The topological polar surface area (TPSA) is 55.6 Å². The molecule has 1 amide bonds. The molecule has 4 heteroatoms. The van der Waals surface area contributed by atoms with Crippen molar-refractivity contribution in [3.8, 4) is 5.75 Å². The predicted octanol–water partition coefficient (Wildman–Crippen LogP) is 2.40. The number of amides is 1. The second-order valence-corrected chi connectivity index (χ2v) is 5.62. The second kappa shape index (κ2) is 6.27. The first-order valence-electron chi connectivity index (χ1n) is 7.30. The maximum atomic E-state index is 12.3. The number of hydrogen-bond donors (Lipinski definition) is 1. The van der Waals surface area contributed by atoms with Crippen LogP contribution >= 0.6 is 0 Å². The third kappa shape index (κ3) is 3.31. The molecule has 2 N–H and O–H groups in total. The highest BCUT2D eigenvalue weighted by Gasteiger charge is 2.25. The SMILES string of the molecule is Cc1ccc([C@@H](C)N)c(OC(C)C(=O)N2CCCC2)c1. The first-order chi connectivity index (χ1) is 9.49. The molecule has 0 saturated carbocycles. The van der Waals surface area contributed by atoms with E-state index in [1.807, 2.05) is 43.9 Å². The van der Waals surface area contributed by atoms with Crippen LogP contribution in [0.1, 0.15) is 43.9 Å². The van der Waals surface area contributed by atoms with E-state index in [0.29, 0.717) is 0 Å². The summed E-state index contributed by atoms with van der Waals surface area (Å²) in [5.74, 6) is 0.791. The lowest BCUT2D eigenvalue weighted by Crippen LogP contribution is -2.38. The molecule has 1 heterocycles. The highest BCUT2D eigenvalue weighted by atomic mass is 16.5. The zero-order chi connectivity index (χ0) is 14.7. The van der Waals surface area contributed by atoms with Crippen LogP contribution in [0.25, 0.3) is 0 Å². The fraction of sp³-hybridized carbons (Fsp3) is 0.562. The first-order valence-corrected chi connectivity index (χ1v) is 7.30. The van der Waals surface area contributed by atoms with E-state index in [0.717, 1.165) is 42.8 Å². The van der Waals surface area contributed by atoms with Gasteiger partial charge < -0.3 is 15.4 Å². The molecule has 1 unspecified atom stereocenters. The summed E-state index contributed by atoms with van der Waals surface area (Å²) in [5, 5.41) is 0. The Balaban J connectivity index is 2.12. The standard InChI is InChI=1S/C16H24N2O2/c1-11-6-7-14(12(2)17)15(10-11)20-13(3)16(19)18-8-4-5-9-18/h6-7,10,12-13H,4-5,8-9,17H2,1-3H3/t12-,13?/m1/s1. The summed E-state index contributed by atoms with van der Waals surface area (Å²) in [6, 6.07) is 5.83. The molecule has 1 saturated heterocycles. The molecule has 0 spiro atoms. The quantitative estimate of drug-likeness (QED) is 0.918. The summed E-state index contributed by atoms with van der Waals surface area (Å²) in [6.07, 6.45) is 1.72. The average molecular weight is 276 g/mol. The lowest BCUT2D eigenvalue weighted by molar-refractivity contribution is -0.136. The van der Waals surface area contributed by atoms with Gasteiger partial charge >= 0.3 is 0 Å². The largest absolute Gasteiger partial charge is 0.481 e. The van der Waals surface area contributed by atoms with Crippen LogP contribution in [0.2, 0.25) is 0 Å². The molecule has 2 rings (SSSR count). The number of nitrogens with two attached hydrogens (primary N) is 1. The van der Waals surface area contributed by atoms with Gasteiger partial charge in [0.15, 0.2) is 6.10 Å². The van der Waals surface area contributed by atoms with Gasteiger partial charge in [0.2, 0.25) is 0 Å². The smallest absolute Gasteiger partial charge is 0.263 e. The van der Waals surface area contributed by atoms with Crippen LogP contribution in [0.15, 0.2) is 18.2 Å². The van der Waals surface area contributed by atoms with E-state index in [2.05, 4.69) is 0 Å². The number of nitrogens with zero attached hydrogens (tertiary/aromatic N) is 1. The molecule has 1 aromatic rings. The van der Waals surface area contributed by atoms with E-state index in [9.17, 15) is 4.79 Å². The number of likely N-dealkylation sites (tertiary alicyclic amines) is 1. The Kier molecular flexibility index (Phi) is 4.65. The van der Waals surface area contributed by atoms with Gasteiger partial charge in [-0.1, -0.05) is 12.1 Å². The summed E-state index contributed by atoms with van der Waals surface area (Å²) < 4.78 is 5.89. The van der Waals surface area contributed by atoms with E-state index >= 15 is 0 Å². The molecule has 2 atom stereocenters. The number of carbonyl (C=O) groups excluding carboxylic acids is 1. The monoisotopic (exact) mass is 276 g/mol. The van der Waals surface area contributed by atoms with Crippen LogP contribution in [0, 0.1) is 6.92 Å². The summed E-state index contributed by atoms with van der Waals surface area (Å²) >= 11 is 0. The van der Waals surface area contributed by atoms with Gasteiger partial charge in [-0.05, 0) is 45.2 Å². The minimum atomic E-state index is -0.465. The Morgan fingerprint density at radius 3 is 2.55 bits per heavy atom. The number of ether oxygens (including phenoxy) is 1. The fourth-order valence-electron chi connectivity index (χ4n) is 2.56. The maximum Gasteiger partial charge on any atom is 0.263 e. The van der Waals surface area contributed by atoms with Gasteiger partial charge in [0.25, 0.3) is 5.91 Å². The highest BCUT2D eigenvalue weighted by molar-refractivity contribution is 5.81. The van der Waals surface area contributed by atoms with E-state index in [-0.39, 0.29) is 11.9 Å². The third-order valence-electron chi connectivity index (χ3n) is 3.73. The number of aryl methyl sites for hydroxylation is 1. The van der Waals surface area contributed by atoms with Crippen molar-refractivity contribution in [3.63, 3.8) is 0 Å². The van der Waals surface area contributed by atoms with Gasteiger partial charge in [-0.3, -0.25) is 4.79 Å². The lowest BCUT2D eigenvalue weighted by Gasteiger charge is -2.23. The normalized spacial score (nSPS) is 17.9. The zero-order valence-electron chi connectivity index (χ0n) is 12.6. The van der Waals surface area contributed by atoms with Crippen LogP contribution in [-0.2, 0) is 4.79 Å². The van der Waals surface area contributed by atoms with Gasteiger partial charge in [-0.25, -0.2) is 0 Å². The van der Waals surface area contributed by atoms with Crippen molar-refractivity contribution in [1.29, 1.82) is 0 Å². The molecule has 1 aliphatic heterocycles. The van der Waals surface area contributed by atoms with Crippen LogP contribution in [0.3, 0.4) is 0 Å². The van der Waals surface area contributed by atoms with Crippen molar-refractivity contribution >= 4 is 5.91 Å². The summed E-state index contributed by atoms with van der Waals surface area (Å²) in [7, 11) is 0. The Labute approximate surface area is 120 Å². The van der Waals surface area contributed by atoms with Gasteiger partial charge in [-0.2, -0.15) is 0 Å². The van der Waals surface area contributed by atoms with Crippen LogP contribution in [-0.4, -0.2) is 30.0 Å². The summed E-state index contributed by atoms with van der Waals surface area (Å²) in [6.45, 7) is 7.43. The molecule has 1 fully saturated rings. The molecule has 1 aliphatic rings. The maximum absolute atomic E-state index is 12.3. The van der Waals surface area contributed by atoms with Crippen molar-refractivity contribution in [3.05, 3.63) is 29.3 Å². The second-order valence-electron chi connectivity index (χ2n) is 5.62. The predicted molar refractivity (Wildman–Crippen MR) is 79.7 cm³/mol. The minimum absolute atomic E-state index is 0.0691. The molecule has 110 valence electrons. The Morgan fingerprint density at radius 2 is 1.95 bits per heavy atom. The van der Waals surface area contributed by atoms with Crippen molar-refractivity contribution in [2.24, 2.45) is 5.73 Å². The minimum Gasteiger partial charge on any atom is -0.481 e. The van der Waals surface area contributed by atoms with E-state index in [4.69, 9.17) is 10.5 Å². The number of rotatable bonds is 4. The molecule has 0 aromatic heterocycles. The molecule has 0 radical (unpaired) electrons. The van der Waals surface area contributed by atoms with Gasteiger partial charge in [0.05, 0.1) is 0 Å². The fourth-order valence-corrected chi connectivity index (χ4v) is 2.56. The molecule has 1 aromatic carbocycles. The number of benzene rings is 1. The van der Waals surface area contributed by atoms with Crippen molar-refractivity contribution in [2.75, 3.05) is 13.1 Å². The molecule has 20 heavy (non-hydrogen) atoms. The third-order valence-corrected chi connectivity index (χ3v) is 3.73. The molecular formula is C16H24N2O2. The van der Waals surface area contributed by atoms with E-state index < -0.39 is 6.10 Å². The highest BCUT2D eigenvalue weighted by Crippen LogP contribution is 2.26. The van der Waals surface area contributed by atoms with Gasteiger partial charge in [0, 0.05) is 24.7 Å². The van der Waals surface area contributed by atoms with Crippen molar-refractivity contribution in [2.45, 2.75) is 45.8 Å². The molecule has 0 aliphatic carbocycles. The van der Waals surface area contributed by atoms with E-state index in [1.165, 1.54) is 0 Å². The number of hydrogen-bond acceptors (Lipinski definition) is 3. The number of carbonyl (C=O) groups is 1. The molecule has 0 bridgehead atoms. The molecular weight excluding hydrogens is 252 g/mol. The van der Waals surface area contributed by atoms with E-state index in [1.54, 1.807) is 0 Å². The van der Waals surface area contributed by atoms with Gasteiger partial charge in [0.1, 0.15) is 5.75 Å². The summed E-state index contributed by atoms with van der Waals surface area (Å²) in [4.78, 5) is 14.2. The van der Waals surface area contributed by atoms with Gasteiger partial charge in [-0.15, -0.1) is 0 Å². The average Bonchev–Trinajstić information content (AvgIpc) is 2.91. The Morgan fingerprint density at radius 1 is 1.30 bits per heavy atom. The van der Waals surface area contributed by atoms with Crippen molar-refractivity contribution < 1.29 is 9.53 Å². The Hall–Kier alpha value is -1.55.